The first-order valence-corrected chi connectivity index (χ1v) is 15.6. The van der Waals surface area contributed by atoms with E-state index in [4.69, 9.17) is 14.8 Å². The second kappa shape index (κ2) is 11.4. The molecule has 10 nitrogen and oxygen atoms in total. The molecule has 4 aromatic rings. The number of hydrogen-bond acceptors (Lipinski definition) is 5. The highest BCUT2D eigenvalue weighted by molar-refractivity contribution is 6.01. The zero-order valence-electron chi connectivity index (χ0n) is 25.3. The highest BCUT2D eigenvalue weighted by atomic mass is 19.1. The molecule has 2 aliphatic heterocycles. The van der Waals surface area contributed by atoms with Gasteiger partial charge in [-0.2, -0.15) is 0 Å². The van der Waals surface area contributed by atoms with Crippen molar-refractivity contribution in [3.05, 3.63) is 47.5 Å². The number of halogens is 1. The summed E-state index contributed by atoms with van der Waals surface area (Å²) in [5.41, 5.74) is 6.68. The van der Waals surface area contributed by atoms with E-state index in [1.165, 1.54) is 34.3 Å². The zero-order valence-corrected chi connectivity index (χ0v) is 25.3. The first-order chi connectivity index (χ1) is 21.3. The highest BCUT2D eigenvalue weighted by Crippen LogP contribution is 2.38. The van der Waals surface area contributed by atoms with Gasteiger partial charge in [-0.05, 0) is 73.9 Å². The average molecular weight is 603 g/mol. The number of aromatic nitrogens is 3. The largest absolute Gasteiger partial charge is 0.465 e. The quantitative estimate of drug-likeness (QED) is 0.285. The molecule has 0 radical (unpaired) electrons. The monoisotopic (exact) mass is 602 g/mol. The molecular weight excluding hydrogens is 563 g/mol. The van der Waals surface area contributed by atoms with Crippen molar-refractivity contribution < 1.29 is 23.8 Å². The summed E-state index contributed by atoms with van der Waals surface area (Å²) in [5.74, 6) is 1.30. The van der Waals surface area contributed by atoms with Crippen LogP contribution >= 0.6 is 0 Å². The van der Waals surface area contributed by atoms with E-state index in [1.54, 1.807) is 7.11 Å². The smallest absolute Gasteiger partial charge is 0.405 e. The van der Waals surface area contributed by atoms with Gasteiger partial charge in [0.15, 0.2) is 5.82 Å². The topological polar surface area (TPSA) is 105 Å². The van der Waals surface area contributed by atoms with Crippen LogP contribution < -0.4 is 10.2 Å². The molecule has 7 rings (SSSR count). The summed E-state index contributed by atoms with van der Waals surface area (Å²) < 4.78 is 23.6. The third kappa shape index (κ3) is 5.27. The minimum Gasteiger partial charge on any atom is -0.465 e. The fourth-order valence-corrected chi connectivity index (χ4v) is 6.92. The zero-order chi connectivity index (χ0) is 30.5. The maximum absolute atomic E-state index is 13.5. The molecule has 1 saturated heterocycles. The molecule has 3 aliphatic rings. The predicted molar refractivity (Wildman–Crippen MR) is 167 cm³/mol. The van der Waals surface area contributed by atoms with Crippen molar-refractivity contribution in [1.82, 2.24) is 24.3 Å². The highest BCUT2D eigenvalue weighted by Gasteiger charge is 2.30. The molecular formula is C33H39FN6O4. The van der Waals surface area contributed by atoms with Gasteiger partial charge in [0.05, 0.1) is 34.4 Å². The number of rotatable bonds is 9. The molecule has 44 heavy (non-hydrogen) atoms. The van der Waals surface area contributed by atoms with Gasteiger partial charge in [-0.3, -0.25) is 4.79 Å². The third-order valence-electron chi connectivity index (χ3n) is 9.62. The first-order valence-electron chi connectivity index (χ1n) is 15.6. The number of carbonyl (C=O) groups is 2. The first kappa shape index (κ1) is 28.6. The second-order valence-electron chi connectivity index (χ2n) is 12.5. The lowest BCUT2D eigenvalue weighted by Gasteiger charge is -2.33. The Morgan fingerprint density at radius 1 is 1.11 bits per heavy atom. The molecule has 1 atom stereocenters. The Balaban J connectivity index is 1.23. The van der Waals surface area contributed by atoms with E-state index in [-0.39, 0.29) is 12.5 Å². The summed E-state index contributed by atoms with van der Waals surface area (Å²) in [4.78, 5) is 33.5. The van der Waals surface area contributed by atoms with Gasteiger partial charge in [-0.25, -0.2) is 14.2 Å². The molecule has 2 amide bonds. The van der Waals surface area contributed by atoms with Gasteiger partial charge < -0.3 is 34.1 Å². The van der Waals surface area contributed by atoms with Crippen LogP contribution in [0.3, 0.4) is 0 Å². The van der Waals surface area contributed by atoms with Crippen LogP contribution in [0.25, 0.3) is 33.5 Å². The minimum absolute atomic E-state index is 0.0137. The number of imidazole rings is 1. The number of amides is 2. The van der Waals surface area contributed by atoms with E-state index < -0.39 is 18.8 Å². The van der Waals surface area contributed by atoms with Crippen molar-refractivity contribution in [3.63, 3.8) is 0 Å². The Hall–Kier alpha value is -4.12. The number of alkyl halides is 1. The number of nitrogens with one attached hydrogen (secondary N) is 1. The van der Waals surface area contributed by atoms with Crippen molar-refractivity contribution in [3.8, 4) is 11.5 Å². The lowest BCUT2D eigenvalue weighted by molar-refractivity contribution is 0.0714. The predicted octanol–water partition coefficient (Wildman–Crippen LogP) is 4.82. The molecule has 4 heterocycles. The second-order valence-corrected chi connectivity index (χ2v) is 12.5. The number of fused-ring (bicyclic) bond motifs is 3. The third-order valence-corrected chi connectivity index (χ3v) is 9.62. The Morgan fingerprint density at radius 2 is 1.91 bits per heavy atom. The lowest BCUT2D eigenvalue weighted by Crippen LogP contribution is -2.48. The fraction of sp³-hybridized carbons (Fsp3) is 0.485. The number of nitrogens with zero attached hydrogens (tertiary/aromatic N) is 5. The number of carbonyl (C=O) groups excluding carboxylic acids is 1. The van der Waals surface area contributed by atoms with Crippen LogP contribution in [-0.4, -0.2) is 88.2 Å². The van der Waals surface area contributed by atoms with E-state index in [9.17, 15) is 14.0 Å². The molecule has 2 N–H and O–H groups in total. The number of aryl methyl sites for hydroxylation is 1. The van der Waals surface area contributed by atoms with Crippen molar-refractivity contribution >= 4 is 39.6 Å². The molecule has 1 aliphatic carbocycles. The molecule has 11 heteroatoms. The number of anilines is 1. The van der Waals surface area contributed by atoms with Crippen molar-refractivity contribution in [2.24, 2.45) is 13.0 Å². The maximum atomic E-state index is 13.5. The van der Waals surface area contributed by atoms with E-state index in [0.717, 1.165) is 60.6 Å². The number of carboxylic acid groups (broad SMARTS) is 1. The Kier molecular flexibility index (Phi) is 7.44. The normalized spacial score (nSPS) is 18.3. The Morgan fingerprint density at radius 3 is 2.61 bits per heavy atom. The van der Waals surface area contributed by atoms with Crippen LogP contribution in [0.5, 0.6) is 0 Å². The molecule has 0 unspecified atom stereocenters. The van der Waals surface area contributed by atoms with E-state index in [0.29, 0.717) is 30.6 Å². The SMILES string of the molecule is COC1CCN(c2ccc3cc(-c4nc5cc6c(cc5n4C)CCN(C[C@@H](CF)NC(=O)O)C6=O)n(CC4CC4)c3c2)CC1. The van der Waals surface area contributed by atoms with Crippen LogP contribution in [0.1, 0.15) is 41.6 Å². The van der Waals surface area contributed by atoms with Crippen LogP contribution in [0.4, 0.5) is 14.9 Å². The van der Waals surface area contributed by atoms with E-state index >= 15 is 0 Å². The van der Waals surface area contributed by atoms with Crippen LogP contribution in [0.15, 0.2) is 36.4 Å². The van der Waals surface area contributed by atoms with Crippen LogP contribution in [0, 0.1) is 5.92 Å². The molecule has 2 aromatic carbocycles. The van der Waals surface area contributed by atoms with Gasteiger partial charge >= 0.3 is 6.09 Å². The Bertz CT molecular complexity index is 1740. The van der Waals surface area contributed by atoms with Gasteiger partial charge in [0, 0.05) is 63.5 Å². The number of ether oxygens (including phenoxy) is 1. The van der Waals surface area contributed by atoms with Crippen molar-refractivity contribution in [2.75, 3.05) is 44.9 Å². The summed E-state index contributed by atoms with van der Waals surface area (Å²) in [6.45, 7) is 2.42. The van der Waals surface area contributed by atoms with Crippen LogP contribution in [0.2, 0.25) is 0 Å². The molecule has 1 saturated carbocycles. The van der Waals surface area contributed by atoms with Crippen LogP contribution in [-0.2, 0) is 24.8 Å². The van der Waals surface area contributed by atoms with Gasteiger partial charge in [-0.15, -0.1) is 0 Å². The number of benzene rings is 2. The van der Waals surface area contributed by atoms with Gasteiger partial charge in [0.25, 0.3) is 5.91 Å². The molecule has 2 fully saturated rings. The lowest BCUT2D eigenvalue weighted by atomic mass is 9.97. The number of methoxy groups -OCH3 is 1. The van der Waals surface area contributed by atoms with Gasteiger partial charge in [0.2, 0.25) is 0 Å². The van der Waals surface area contributed by atoms with Gasteiger partial charge in [-0.1, -0.05) is 6.07 Å². The summed E-state index contributed by atoms with van der Waals surface area (Å²) in [6.07, 6.45) is 4.18. The van der Waals surface area contributed by atoms with Crippen molar-refractivity contribution in [1.29, 1.82) is 0 Å². The molecule has 2 aromatic heterocycles. The summed E-state index contributed by atoms with van der Waals surface area (Å²) in [7, 11) is 3.83. The summed E-state index contributed by atoms with van der Waals surface area (Å²) in [6, 6.07) is 11.9. The molecule has 0 spiro atoms. The summed E-state index contributed by atoms with van der Waals surface area (Å²) in [5, 5.41) is 12.4. The van der Waals surface area contributed by atoms with Crippen molar-refractivity contribution in [2.45, 2.75) is 50.8 Å². The van der Waals surface area contributed by atoms with Gasteiger partial charge in [0.1, 0.15) is 6.67 Å². The molecule has 0 bridgehead atoms. The summed E-state index contributed by atoms with van der Waals surface area (Å²) >= 11 is 0. The minimum atomic E-state index is -1.30. The Labute approximate surface area is 255 Å². The number of hydrogen-bond donors (Lipinski definition) is 2. The maximum Gasteiger partial charge on any atom is 0.405 e. The standard InChI is InChI=1S/C33H39FN6O4/c1-37-29-13-21-7-10-39(19-23(17-34)35-33(42)43)32(41)26(21)16-27(29)36-31(37)30-14-22-5-6-24(38-11-8-25(44-2)9-12-38)15-28(22)40(30)18-20-3-4-20/h5-6,13-16,20,23,25,35H,3-4,7-12,17-19H2,1-2H3,(H,42,43)/t23-/m1/s1. The van der Waals surface area contributed by atoms with E-state index in [1.807, 2.05) is 19.2 Å². The average Bonchev–Trinajstić information content (AvgIpc) is 3.71. The number of piperidine rings is 1. The fourth-order valence-electron chi connectivity index (χ4n) is 6.92. The van der Waals surface area contributed by atoms with E-state index in [2.05, 4.69) is 43.6 Å². The molecule has 232 valence electrons.